The van der Waals surface area contributed by atoms with Crippen molar-refractivity contribution >= 4 is 65.7 Å². The van der Waals surface area contributed by atoms with E-state index in [2.05, 4.69) is 143 Å². The van der Waals surface area contributed by atoms with Crippen molar-refractivity contribution in [2.24, 2.45) is 0 Å². The van der Waals surface area contributed by atoms with Crippen molar-refractivity contribution in [2.75, 3.05) is 0 Å². The second-order valence-electron chi connectivity index (χ2n) is 13.0. The van der Waals surface area contributed by atoms with Gasteiger partial charge in [-0.2, -0.15) is 0 Å². The fourth-order valence-corrected chi connectivity index (χ4v) is 7.84. The number of fused-ring (bicyclic) bond motifs is 9. The molecule has 0 saturated heterocycles. The van der Waals surface area contributed by atoms with Crippen LogP contribution in [-0.4, -0.2) is 19.1 Å². The maximum Gasteiger partial charge on any atom is 0.180 e. The first kappa shape index (κ1) is 27.9. The van der Waals surface area contributed by atoms with Crippen LogP contribution < -0.4 is 0 Å². The average molecular weight is 653 g/mol. The summed E-state index contributed by atoms with van der Waals surface area (Å²) in [5, 5.41) is 5.93. The Morgan fingerprint density at radius 3 is 1.61 bits per heavy atom. The van der Waals surface area contributed by atoms with E-state index < -0.39 is 0 Å². The minimum Gasteiger partial charge on any atom is -0.452 e. The predicted octanol–water partition coefficient (Wildman–Crippen LogP) is 11.9. The summed E-state index contributed by atoms with van der Waals surface area (Å²) in [5.41, 5.74) is 12.0. The highest BCUT2D eigenvalue weighted by Gasteiger charge is 2.20. The number of hydrogen-bond acceptors (Lipinski definition) is 3. The van der Waals surface area contributed by atoms with Gasteiger partial charge in [-0.15, -0.1) is 0 Å². The summed E-state index contributed by atoms with van der Waals surface area (Å²) in [6, 6.07) is 59.7. The minimum absolute atomic E-state index is 0.663. The standard InChI is InChI=1S/C46H28N4O/c1-3-13-29(14-4-1)43-45-44(35-19-9-12-22-42(35)51-45)48-46(47-43)30-23-25-32(26-24-30)50-39-21-11-8-18-34(39)37-27-36-33-17-7-10-20-38(33)49(40(36)28-41(37)50)31-15-5-2-6-16-31/h1-28H. The first-order chi connectivity index (χ1) is 25.3. The predicted molar refractivity (Wildman–Crippen MR) is 209 cm³/mol. The summed E-state index contributed by atoms with van der Waals surface area (Å²) >= 11 is 0. The molecule has 0 N–H and O–H groups in total. The maximum absolute atomic E-state index is 6.33. The maximum atomic E-state index is 6.33. The Bertz CT molecular complexity index is 3120. The molecule has 0 saturated carbocycles. The Labute approximate surface area is 292 Å². The van der Waals surface area contributed by atoms with E-state index in [1.807, 2.05) is 36.4 Å². The van der Waals surface area contributed by atoms with Crippen molar-refractivity contribution in [1.29, 1.82) is 0 Å². The summed E-state index contributed by atoms with van der Waals surface area (Å²) in [7, 11) is 0. The van der Waals surface area contributed by atoms with Crippen LogP contribution in [0.1, 0.15) is 0 Å². The van der Waals surface area contributed by atoms with E-state index in [0.29, 0.717) is 11.4 Å². The summed E-state index contributed by atoms with van der Waals surface area (Å²) in [6.07, 6.45) is 0. The van der Waals surface area contributed by atoms with Gasteiger partial charge in [-0.05, 0) is 72.8 Å². The fraction of sp³-hybridized carbons (Fsp3) is 0. The third-order valence-corrected chi connectivity index (χ3v) is 10.1. The topological polar surface area (TPSA) is 48.8 Å². The number of para-hydroxylation sites is 4. The Hall–Kier alpha value is -6.98. The summed E-state index contributed by atoms with van der Waals surface area (Å²) in [4.78, 5) is 10.2. The van der Waals surface area contributed by atoms with Gasteiger partial charge in [0, 0.05) is 49.4 Å². The highest BCUT2D eigenvalue weighted by atomic mass is 16.3. The molecule has 238 valence electrons. The normalized spacial score (nSPS) is 11.9. The van der Waals surface area contributed by atoms with E-state index in [1.165, 1.54) is 32.6 Å². The van der Waals surface area contributed by atoms with Crippen LogP contribution in [0.5, 0.6) is 0 Å². The van der Waals surface area contributed by atoms with Gasteiger partial charge in [0.05, 0.1) is 22.1 Å². The molecule has 0 spiro atoms. The largest absolute Gasteiger partial charge is 0.452 e. The second-order valence-corrected chi connectivity index (χ2v) is 13.0. The van der Waals surface area contributed by atoms with E-state index in [0.717, 1.165) is 55.7 Å². The van der Waals surface area contributed by atoms with Crippen LogP contribution >= 0.6 is 0 Å². The van der Waals surface area contributed by atoms with E-state index in [9.17, 15) is 0 Å². The molecule has 0 aliphatic heterocycles. The van der Waals surface area contributed by atoms with Crippen LogP contribution in [0.2, 0.25) is 0 Å². The van der Waals surface area contributed by atoms with Crippen molar-refractivity contribution in [1.82, 2.24) is 19.1 Å². The molecule has 4 aromatic heterocycles. The van der Waals surface area contributed by atoms with Gasteiger partial charge in [0.2, 0.25) is 0 Å². The second kappa shape index (κ2) is 10.8. The first-order valence-corrected chi connectivity index (χ1v) is 17.2. The van der Waals surface area contributed by atoms with E-state index in [4.69, 9.17) is 14.4 Å². The highest BCUT2D eigenvalue weighted by molar-refractivity contribution is 6.19. The monoisotopic (exact) mass is 652 g/mol. The van der Waals surface area contributed by atoms with Gasteiger partial charge in [0.25, 0.3) is 0 Å². The van der Waals surface area contributed by atoms with Crippen molar-refractivity contribution < 1.29 is 4.42 Å². The van der Waals surface area contributed by atoms with E-state index >= 15 is 0 Å². The lowest BCUT2D eigenvalue weighted by atomic mass is 10.1. The number of hydrogen-bond donors (Lipinski definition) is 0. The van der Waals surface area contributed by atoms with Gasteiger partial charge in [0.15, 0.2) is 11.4 Å². The van der Waals surface area contributed by atoms with Gasteiger partial charge in [-0.1, -0.05) is 97.1 Å². The summed E-state index contributed by atoms with van der Waals surface area (Å²) in [6.45, 7) is 0. The molecular weight excluding hydrogens is 625 g/mol. The van der Waals surface area contributed by atoms with Crippen molar-refractivity contribution in [3.05, 3.63) is 170 Å². The van der Waals surface area contributed by atoms with Gasteiger partial charge >= 0.3 is 0 Å². The summed E-state index contributed by atoms with van der Waals surface area (Å²) in [5.74, 6) is 0.663. The van der Waals surface area contributed by atoms with E-state index in [1.54, 1.807) is 0 Å². The average Bonchev–Trinajstić information content (AvgIpc) is 3.85. The number of aromatic nitrogens is 4. The summed E-state index contributed by atoms with van der Waals surface area (Å²) < 4.78 is 11.1. The lowest BCUT2D eigenvalue weighted by Crippen LogP contribution is -1.97. The molecule has 0 aliphatic carbocycles. The quantitative estimate of drug-likeness (QED) is 0.190. The minimum atomic E-state index is 0.663. The third kappa shape index (κ3) is 4.15. The first-order valence-electron chi connectivity index (χ1n) is 17.2. The molecule has 0 radical (unpaired) electrons. The SMILES string of the molecule is c1ccc(-c2nc(-c3ccc(-n4c5ccccc5c5cc6c7ccccc7n(-c7ccccc7)c6cc54)cc3)nc3c2oc2ccccc23)cc1. The molecule has 7 aromatic carbocycles. The molecular formula is C46H28N4O. The number of furan rings is 1. The smallest absolute Gasteiger partial charge is 0.180 e. The van der Waals surface area contributed by atoms with Gasteiger partial charge in [-0.25, -0.2) is 9.97 Å². The Morgan fingerprint density at radius 1 is 0.392 bits per heavy atom. The Kier molecular flexibility index (Phi) is 5.89. The van der Waals surface area contributed by atoms with Gasteiger partial charge in [-0.3, -0.25) is 0 Å². The zero-order chi connectivity index (χ0) is 33.5. The van der Waals surface area contributed by atoms with Crippen molar-refractivity contribution in [3.63, 3.8) is 0 Å². The molecule has 11 aromatic rings. The molecule has 0 atom stereocenters. The zero-order valence-electron chi connectivity index (χ0n) is 27.4. The van der Waals surface area contributed by atoms with Crippen molar-refractivity contribution in [2.45, 2.75) is 0 Å². The van der Waals surface area contributed by atoms with E-state index in [-0.39, 0.29) is 0 Å². The van der Waals surface area contributed by atoms with Crippen molar-refractivity contribution in [3.8, 4) is 34.0 Å². The molecule has 5 heteroatoms. The molecule has 0 amide bonds. The molecule has 5 nitrogen and oxygen atoms in total. The Balaban J connectivity index is 1.13. The van der Waals surface area contributed by atoms with Crippen LogP contribution in [0.15, 0.2) is 174 Å². The molecule has 11 rings (SSSR count). The third-order valence-electron chi connectivity index (χ3n) is 10.1. The number of nitrogens with zero attached hydrogens (tertiary/aromatic N) is 4. The van der Waals surface area contributed by atoms with Crippen LogP contribution in [0, 0.1) is 0 Å². The molecule has 4 heterocycles. The molecule has 0 unspecified atom stereocenters. The lowest BCUT2D eigenvalue weighted by molar-refractivity contribution is 0.667. The van der Waals surface area contributed by atoms with Crippen LogP contribution in [0.4, 0.5) is 0 Å². The van der Waals surface area contributed by atoms with Crippen LogP contribution in [-0.2, 0) is 0 Å². The number of rotatable bonds is 4. The van der Waals surface area contributed by atoms with Gasteiger partial charge in [0.1, 0.15) is 16.8 Å². The van der Waals surface area contributed by atoms with Crippen LogP contribution in [0.25, 0.3) is 99.7 Å². The molecule has 0 aliphatic rings. The molecule has 51 heavy (non-hydrogen) atoms. The Morgan fingerprint density at radius 2 is 0.941 bits per heavy atom. The lowest BCUT2D eigenvalue weighted by Gasteiger charge is -2.11. The molecule has 0 bridgehead atoms. The van der Waals surface area contributed by atoms with Crippen LogP contribution in [0.3, 0.4) is 0 Å². The number of benzene rings is 7. The van der Waals surface area contributed by atoms with Gasteiger partial charge < -0.3 is 13.6 Å². The highest BCUT2D eigenvalue weighted by Crippen LogP contribution is 2.40. The fourth-order valence-electron chi connectivity index (χ4n) is 7.84. The zero-order valence-corrected chi connectivity index (χ0v) is 27.4. The molecule has 0 fully saturated rings.